The van der Waals surface area contributed by atoms with Crippen molar-refractivity contribution >= 4 is 34.2 Å². The lowest BCUT2D eigenvalue weighted by molar-refractivity contribution is -0.138. The van der Waals surface area contributed by atoms with Crippen molar-refractivity contribution in [1.29, 1.82) is 0 Å². The average Bonchev–Trinajstić information content (AvgIpc) is 2.63. The number of carboxylic acid groups (broad SMARTS) is 2. The van der Waals surface area contributed by atoms with E-state index in [2.05, 4.69) is 10.0 Å². The molecule has 10 nitrogen and oxygen atoms in total. The summed E-state index contributed by atoms with van der Waals surface area (Å²) in [5.74, 6) is -2.88. The molecule has 0 unspecified atom stereocenters. The molecule has 1 atom stereocenters. The number of amides is 1. The number of carboxylic acids is 2. The van der Waals surface area contributed by atoms with Crippen LogP contribution in [0.25, 0.3) is 0 Å². The van der Waals surface area contributed by atoms with E-state index in [1.807, 2.05) is 0 Å². The van der Waals surface area contributed by atoms with E-state index in [4.69, 9.17) is 10.2 Å². The number of hydrogen-bond acceptors (Lipinski definition) is 6. The molecule has 0 radical (unpaired) electrons. The van der Waals surface area contributed by atoms with Gasteiger partial charge in [-0.05, 0) is 31.0 Å². The summed E-state index contributed by atoms with van der Waals surface area (Å²) in [6, 6.07) is 3.92. The van der Waals surface area contributed by atoms with Crippen LogP contribution in [0.3, 0.4) is 0 Å². The summed E-state index contributed by atoms with van der Waals surface area (Å²) in [7, 11) is -3.84. The van der Waals surface area contributed by atoms with Crippen LogP contribution in [0.1, 0.15) is 42.5 Å². The first kappa shape index (κ1) is 23.2. The van der Waals surface area contributed by atoms with Crippen molar-refractivity contribution in [2.24, 2.45) is 0 Å². The van der Waals surface area contributed by atoms with E-state index in [9.17, 15) is 27.6 Å². The number of rotatable bonds is 13. The monoisotopic (exact) mass is 414 g/mol. The number of carbonyl (C=O) groups is 4. The number of aliphatic carboxylic acids is 1. The Bertz CT molecular complexity index is 822. The van der Waals surface area contributed by atoms with Gasteiger partial charge in [0.15, 0.2) is 0 Å². The molecular weight excluding hydrogens is 392 g/mol. The Morgan fingerprint density at radius 3 is 2.43 bits per heavy atom. The van der Waals surface area contributed by atoms with Gasteiger partial charge in [-0.25, -0.2) is 17.9 Å². The SMILES string of the molecule is O=C[C@H](CC(=O)O)NC(=O)CCCCCNS(=O)(=O)c1cccc(C(=O)O)c1. The summed E-state index contributed by atoms with van der Waals surface area (Å²) in [5.41, 5.74) is -0.134. The minimum absolute atomic E-state index is 0.0807. The highest BCUT2D eigenvalue weighted by Crippen LogP contribution is 2.12. The van der Waals surface area contributed by atoms with Gasteiger partial charge in [0, 0.05) is 13.0 Å². The molecule has 11 heteroatoms. The topological polar surface area (TPSA) is 167 Å². The number of unbranched alkanes of at least 4 members (excludes halogenated alkanes) is 2. The number of aromatic carboxylic acids is 1. The molecule has 1 amide bonds. The molecule has 0 saturated heterocycles. The minimum atomic E-state index is -3.84. The molecular formula is C17H22N2O8S. The first-order valence-corrected chi connectivity index (χ1v) is 9.93. The van der Waals surface area contributed by atoms with E-state index in [-0.39, 0.29) is 23.4 Å². The van der Waals surface area contributed by atoms with Gasteiger partial charge in [-0.3, -0.25) is 9.59 Å². The average molecular weight is 414 g/mol. The van der Waals surface area contributed by atoms with Gasteiger partial charge in [0.05, 0.1) is 22.9 Å². The van der Waals surface area contributed by atoms with Crippen molar-refractivity contribution in [2.45, 2.75) is 43.0 Å². The van der Waals surface area contributed by atoms with Crippen LogP contribution in [-0.4, -0.2) is 55.3 Å². The molecule has 0 aliphatic heterocycles. The Balaban J connectivity index is 2.34. The molecule has 154 valence electrons. The molecule has 0 aromatic heterocycles. The van der Waals surface area contributed by atoms with Gasteiger partial charge >= 0.3 is 11.9 Å². The third kappa shape index (κ3) is 8.27. The molecule has 1 aromatic carbocycles. The quantitative estimate of drug-likeness (QED) is 0.265. The molecule has 0 spiro atoms. The predicted octanol–water partition coefficient (Wildman–Crippen LogP) is 0.382. The number of sulfonamides is 1. The Kier molecular flexibility index (Phi) is 9.25. The third-order valence-corrected chi connectivity index (χ3v) is 5.13. The van der Waals surface area contributed by atoms with Crippen molar-refractivity contribution in [1.82, 2.24) is 10.0 Å². The number of hydrogen-bond donors (Lipinski definition) is 4. The van der Waals surface area contributed by atoms with E-state index in [1.165, 1.54) is 18.2 Å². The van der Waals surface area contributed by atoms with Gasteiger partial charge in [0.2, 0.25) is 15.9 Å². The lowest BCUT2D eigenvalue weighted by atomic mass is 10.1. The number of aldehydes is 1. The van der Waals surface area contributed by atoms with Crippen LogP contribution in [0.4, 0.5) is 0 Å². The van der Waals surface area contributed by atoms with Gasteiger partial charge in [-0.1, -0.05) is 12.5 Å². The van der Waals surface area contributed by atoms with Crippen LogP contribution in [-0.2, 0) is 24.4 Å². The van der Waals surface area contributed by atoms with Crippen molar-refractivity contribution in [3.63, 3.8) is 0 Å². The van der Waals surface area contributed by atoms with Crippen LogP contribution < -0.4 is 10.0 Å². The number of benzene rings is 1. The lowest BCUT2D eigenvalue weighted by Crippen LogP contribution is -2.37. The van der Waals surface area contributed by atoms with Crippen molar-refractivity contribution in [3.8, 4) is 0 Å². The lowest BCUT2D eigenvalue weighted by Gasteiger charge is -2.10. The Labute approximate surface area is 162 Å². The van der Waals surface area contributed by atoms with Crippen molar-refractivity contribution in [3.05, 3.63) is 29.8 Å². The summed E-state index contributed by atoms with van der Waals surface area (Å²) in [6.07, 6.45) is 1.35. The van der Waals surface area contributed by atoms with Crippen LogP contribution in [0.15, 0.2) is 29.2 Å². The molecule has 0 bridgehead atoms. The molecule has 0 heterocycles. The van der Waals surface area contributed by atoms with Gasteiger partial charge < -0.3 is 20.3 Å². The second-order valence-electron chi connectivity index (χ2n) is 5.95. The first-order chi connectivity index (χ1) is 13.2. The van der Waals surface area contributed by atoms with E-state index < -0.39 is 40.3 Å². The van der Waals surface area contributed by atoms with Crippen LogP contribution >= 0.6 is 0 Å². The zero-order chi connectivity index (χ0) is 21.2. The number of carbonyl (C=O) groups excluding carboxylic acids is 2. The van der Waals surface area contributed by atoms with Gasteiger partial charge in [-0.2, -0.15) is 0 Å². The second kappa shape index (κ2) is 11.1. The Morgan fingerprint density at radius 2 is 1.82 bits per heavy atom. The minimum Gasteiger partial charge on any atom is -0.481 e. The maximum atomic E-state index is 12.1. The molecule has 4 N–H and O–H groups in total. The standard InChI is InChI=1S/C17H22N2O8S/c20-11-13(10-16(22)23)19-15(21)7-2-1-3-8-18-28(26,27)14-6-4-5-12(9-14)17(24)25/h4-6,9,11,13,18H,1-3,7-8,10H2,(H,19,21)(H,22,23)(H,24,25)/t13-/m0/s1. The highest BCUT2D eigenvalue weighted by Gasteiger charge is 2.16. The first-order valence-electron chi connectivity index (χ1n) is 8.45. The molecule has 0 saturated carbocycles. The van der Waals surface area contributed by atoms with Crippen LogP contribution in [0.5, 0.6) is 0 Å². The van der Waals surface area contributed by atoms with E-state index in [0.717, 1.165) is 6.07 Å². The maximum Gasteiger partial charge on any atom is 0.335 e. The zero-order valence-corrected chi connectivity index (χ0v) is 15.8. The maximum absolute atomic E-state index is 12.1. The summed E-state index contributed by atoms with van der Waals surface area (Å²) in [5, 5.41) is 19.8. The normalized spacial score (nSPS) is 12.1. The van der Waals surface area contributed by atoms with Crippen LogP contribution in [0.2, 0.25) is 0 Å². The smallest absolute Gasteiger partial charge is 0.335 e. The molecule has 1 aromatic rings. The van der Waals surface area contributed by atoms with Gasteiger partial charge in [0.1, 0.15) is 6.29 Å². The summed E-state index contributed by atoms with van der Waals surface area (Å²) < 4.78 is 26.6. The molecule has 1 rings (SSSR count). The highest BCUT2D eigenvalue weighted by atomic mass is 32.2. The predicted molar refractivity (Wildman–Crippen MR) is 97.3 cm³/mol. The Hall–Kier alpha value is -2.79. The van der Waals surface area contributed by atoms with E-state index in [0.29, 0.717) is 25.5 Å². The second-order valence-corrected chi connectivity index (χ2v) is 7.72. The fraction of sp³-hybridized carbons (Fsp3) is 0.412. The van der Waals surface area contributed by atoms with Gasteiger partial charge in [-0.15, -0.1) is 0 Å². The zero-order valence-electron chi connectivity index (χ0n) is 15.0. The van der Waals surface area contributed by atoms with E-state index >= 15 is 0 Å². The summed E-state index contributed by atoms with van der Waals surface area (Å²) in [4.78, 5) is 43.6. The van der Waals surface area contributed by atoms with E-state index in [1.54, 1.807) is 0 Å². The van der Waals surface area contributed by atoms with Gasteiger partial charge in [0.25, 0.3) is 0 Å². The van der Waals surface area contributed by atoms with Crippen molar-refractivity contribution < 1.29 is 37.8 Å². The summed E-state index contributed by atoms with van der Waals surface area (Å²) >= 11 is 0. The molecule has 0 fully saturated rings. The van der Waals surface area contributed by atoms with Crippen molar-refractivity contribution in [2.75, 3.05) is 6.54 Å². The molecule has 0 aliphatic carbocycles. The largest absolute Gasteiger partial charge is 0.481 e. The fourth-order valence-electron chi connectivity index (χ4n) is 2.27. The third-order valence-electron chi connectivity index (χ3n) is 3.67. The number of nitrogens with one attached hydrogen (secondary N) is 2. The molecule has 28 heavy (non-hydrogen) atoms. The summed E-state index contributed by atoms with van der Waals surface area (Å²) in [6.45, 7) is 0.108. The fourth-order valence-corrected chi connectivity index (χ4v) is 3.39. The highest BCUT2D eigenvalue weighted by molar-refractivity contribution is 7.89. The van der Waals surface area contributed by atoms with Crippen LogP contribution in [0, 0.1) is 0 Å². The molecule has 0 aliphatic rings. The Morgan fingerprint density at radius 1 is 1.11 bits per heavy atom.